The predicted octanol–water partition coefficient (Wildman–Crippen LogP) is 3.02. The van der Waals surface area contributed by atoms with E-state index in [0.717, 1.165) is 16.8 Å². The molecule has 0 spiro atoms. The van der Waals surface area contributed by atoms with Gasteiger partial charge in [0.2, 0.25) is 0 Å². The molecule has 0 aliphatic carbocycles. The van der Waals surface area contributed by atoms with E-state index >= 15 is 0 Å². The Kier molecular flexibility index (Phi) is 4.81. The van der Waals surface area contributed by atoms with Crippen molar-refractivity contribution in [1.82, 2.24) is 4.98 Å². The van der Waals surface area contributed by atoms with Crippen LogP contribution in [0.5, 0.6) is 5.75 Å². The van der Waals surface area contributed by atoms with Crippen molar-refractivity contribution in [2.75, 3.05) is 19.0 Å². The summed E-state index contributed by atoms with van der Waals surface area (Å²) in [6, 6.07) is 9.66. The van der Waals surface area contributed by atoms with Crippen LogP contribution in [0.2, 0.25) is 0 Å². The smallest absolute Gasteiger partial charge is 0.138 e. The molecule has 0 saturated carbocycles. The van der Waals surface area contributed by atoms with Crippen LogP contribution in [0, 0.1) is 0 Å². The lowest BCUT2D eigenvalue weighted by molar-refractivity contribution is 0.215. The molecule has 0 aliphatic heterocycles. The summed E-state index contributed by atoms with van der Waals surface area (Å²) in [5, 5.41) is 10.5. The molecule has 2 aromatic rings. The van der Waals surface area contributed by atoms with E-state index in [1.165, 1.54) is 0 Å². The first-order chi connectivity index (χ1) is 9.97. The van der Waals surface area contributed by atoms with Crippen molar-refractivity contribution >= 4 is 5.69 Å². The summed E-state index contributed by atoms with van der Waals surface area (Å²) in [5.41, 5.74) is 2.66. The second-order valence-corrected chi connectivity index (χ2v) is 5.51. The minimum Gasteiger partial charge on any atom is -0.489 e. The van der Waals surface area contributed by atoms with Crippen LogP contribution in [-0.2, 0) is 0 Å². The quantitative estimate of drug-likeness (QED) is 0.917. The summed E-state index contributed by atoms with van der Waals surface area (Å²) >= 11 is 0. The van der Waals surface area contributed by atoms with Crippen molar-refractivity contribution in [1.29, 1.82) is 0 Å². The van der Waals surface area contributed by atoms with Gasteiger partial charge < -0.3 is 14.7 Å². The number of rotatable bonds is 5. The molecule has 4 nitrogen and oxygen atoms in total. The van der Waals surface area contributed by atoms with Gasteiger partial charge in [-0.1, -0.05) is 12.1 Å². The molecule has 1 unspecified atom stereocenters. The standard InChI is InChI=1S/C17H22N2O2/c1-12(2)21-16-9-14(10-18-11-16)17(20)13-5-7-15(8-6-13)19(3)4/h5-12,17,20H,1-4H3. The molecule has 0 bridgehead atoms. The summed E-state index contributed by atoms with van der Waals surface area (Å²) in [5.74, 6) is 0.673. The summed E-state index contributed by atoms with van der Waals surface area (Å²) in [7, 11) is 3.98. The third-order valence-corrected chi connectivity index (χ3v) is 3.15. The van der Waals surface area contributed by atoms with E-state index in [9.17, 15) is 5.11 Å². The van der Waals surface area contributed by atoms with E-state index in [-0.39, 0.29) is 6.10 Å². The van der Waals surface area contributed by atoms with Gasteiger partial charge in [-0.15, -0.1) is 0 Å². The van der Waals surface area contributed by atoms with Gasteiger partial charge in [0.1, 0.15) is 11.9 Å². The van der Waals surface area contributed by atoms with Gasteiger partial charge in [0.25, 0.3) is 0 Å². The fourth-order valence-electron chi connectivity index (χ4n) is 2.07. The van der Waals surface area contributed by atoms with Crippen molar-refractivity contribution in [2.24, 2.45) is 0 Å². The predicted molar refractivity (Wildman–Crippen MR) is 84.8 cm³/mol. The summed E-state index contributed by atoms with van der Waals surface area (Å²) < 4.78 is 5.61. The largest absolute Gasteiger partial charge is 0.489 e. The Morgan fingerprint density at radius 1 is 1.05 bits per heavy atom. The number of hydrogen-bond acceptors (Lipinski definition) is 4. The van der Waals surface area contributed by atoms with Gasteiger partial charge >= 0.3 is 0 Å². The van der Waals surface area contributed by atoms with Crippen LogP contribution < -0.4 is 9.64 Å². The number of aliphatic hydroxyl groups is 1. The number of anilines is 1. The highest BCUT2D eigenvalue weighted by molar-refractivity contribution is 5.47. The zero-order chi connectivity index (χ0) is 15.4. The molecule has 1 heterocycles. The average Bonchev–Trinajstić information content (AvgIpc) is 2.46. The van der Waals surface area contributed by atoms with Crippen molar-refractivity contribution in [2.45, 2.75) is 26.1 Å². The van der Waals surface area contributed by atoms with E-state index < -0.39 is 6.10 Å². The van der Waals surface area contributed by atoms with Crippen molar-refractivity contribution in [3.05, 3.63) is 53.9 Å². The maximum Gasteiger partial charge on any atom is 0.138 e. The van der Waals surface area contributed by atoms with E-state index in [1.54, 1.807) is 12.4 Å². The number of nitrogens with zero attached hydrogens (tertiary/aromatic N) is 2. The molecule has 1 N–H and O–H groups in total. The number of aliphatic hydroxyl groups excluding tert-OH is 1. The highest BCUT2D eigenvalue weighted by atomic mass is 16.5. The van der Waals surface area contributed by atoms with Crippen LogP contribution in [0.15, 0.2) is 42.7 Å². The number of hydrogen-bond donors (Lipinski definition) is 1. The number of aromatic nitrogens is 1. The van der Waals surface area contributed by atoms with Gasteiger partial charge in [-0.25, -0.2) is 0 Å². The minimum absolute atomic E-state index is 0.0820. The fourth-order valence-corrected chi connectivity index (χ4v) is 2.07. The molecular weight excluding hydrogens is 264 g/mol. The maximum absolute atomic E-state index is 10.5. The Morgan fingerprint density at radius 2 is 1.71 bits per heavy atom. The lowest BCUT2D eigenvalue weighted by atomic mass is 10.0. The highest BCUT2D eigenvalue weighted by Gasteiger charge is 2.12. The normalized spacial score (nSPS) is 12.3. The van der Waals surface area contributed by atoms with Crippen LogP contribution in [-0.4, -0.2) is 30.3 Å². The molecule has 0 saturated heterocycles. The Hall–Kier alpha value is -2.07. The second-order valence-electron chi connectivity index (χ2n) is 5.51. The SMILES string of the molecule is CC(C)Oc1cncc(C(O)c2ccc(N(C)C)cc2)c1. The van der Waals surface area contributed by atoms with E-state index in [1.807, 2.05) is 63.2 Å². The fraction of sp³-hybridized carbons (Fsp3) is 0.353. The molecule has 1 aromatic heterocycles. The zero-order valence-corrected chi connectivity index (χ0v) is 12.9. The molecule has 0 fully saturated rings. The lowest BCUT2D eigenvalue weighted by Crippen LogP contribution is -2.09. The lowest BCUT2D eigenvalue weighted by Gasteiger charge is -2.16. The molecular formula is C17H22N2O2. The molecule has 2 rings (SSSR count). The number of ether oxygens (including phenoxy) is 1. The zero-order valence-electron chi connectivity index (χ0n) is 12.9. The molecule has 1 atom stereocenters. The Bertz CT molecular complexity index is 580. The molecule has 0 aliphatic rings. The van der Waals surface area contributed by atoms with E-state index in [2.05, 4.69) is 4.98 Å². The van der Waals surface area contributed by atoms with E-state index in [4.69, 9.17) is 4.74 Å². The summed E-state index contributed by atoms with van der Waals surface area (Å²) in [6.45, 7) is 3.92. The van der Waals surface area contributed by atoms with Crippen molar-refractivity contribution in [3.8, 4) is 5.75 Å². The number of pyridine rings is 1. The molecule has 4 heteroatoms. The van der Waals surface area contributed by atoms with Gasteiger partial charge in [-0.2, -0.15) is 0 Å². The van der Waals surface area contributed by atoms with Gasteiger partial charge in [0, 0.05) is 31.5 Å². The number of benzene rings is 1. The van der Waals surface area contributed by atoms with Crippen molar-refractivity contribution < 1.29 is 9.84 Å². The minimum atomic E-state index is -0.704. The van der Waals surface area contributed by atoms with Crippen LogP contribution in [0.1, 0.15) is 31.1 Å². The third kappa shape index (κ3) is 3.95. The molecule has 21 heavy (non-hydrogen) atoms. The van der Waals surface area contributed by atoms with Crippen LogP contribution in [0.4, 0.5) is 5.69 Å². The molecule has 1 aromatic carbocycles. The molecule has 0 amide bonds. The van der Waals surface area contributed by atoms with Crippen molar-refractivity contribution in [3.63, 3.8) is 0 Å². The van der Waals surface area contributed by atoms with Crippen LogP contribution in [0.25, 0.3) is 0 Å². The van der Waals surface area contributed by atoms with Crippen LogP contribution >= 0.6 is 0 Å². The van der Waals surface area contributed by atoms with Gasteiger partial charge in [0.05, 0.1) is 12.3 Å². The maximum atomic E-state index is 10.5. The monoisotopic (exact) mass is 286 g/mol. The first-order valence-corrected chi connectivity index (χ1v) is 7.04. The summed E-state index contributed by atoms with van der Waals surface area (Å²) in [6.07, 6.45) is 2.70. The van der Waals surface area contributed by atoms with Gasteiger partial charge in [-0.3, -0.25) is 4.98 Å². The van der Waals surface area contributed by atoms with Gasteiger partial charge in [0.15, 0.2) is 0 Å². The Labute approximate surface area is 126 Å². The highest BCUT2D eigenvalue weighted by Crippen LogP contribution is 2.26. The van der Waals surface area contributed by atoms with E-state index in [0.29, 0.717) is 5.75 Å². The Balaban J connectivity index is 2.20. The first-order valence-electron chi connectivity index (χ1n) is 7.04. The topological polar surface area (TPSA) is 45.6 Å². The summed E-state index contributed by atoms with van der Waals surface area (Å²) in [4.78, 5) is 6.16. The molecule has 0 radical (unpaired) electrons. The third-order valence-electron chi connectivity index (χ3n) is 3.15. The second kappa shape index (κ2) is 6.59. The van der Waals surface area contributed by atoms with Gasteiger partial charge in [-0.05, 0) is 37.6 Å². The molecule has 112 valence electrons. The van der Waals surface area contributed by atoms with Crippen LogP contribution in [0.3, 0.4) is 0 Å². The first kappa shape index (κ1) is 15.3. The average molecular weight is 286 g/mol. The Morgan fingerprint density at radius 3 is 2.29 bits per heavy atom.